The largest absolute Gasteiger partial charge is 0.389 e. The summed E-state index contributed by atoms with van der Waals surface area (Å²) in [6.07, 6.45) is 9.54. The molecule has 1 amide bonds. The lowest BCUT2D eigenvalue weighted by atomic mass is 10.1. The Kier molecular flexibility index (Phi) is 12.3. The Hall–Kier alpha value is -3.60. The molecule has 0 aliphatic rings. The number of amidine groups is 1. The number of unbranched alkanes of at least 4 members (excludes halogenated alkanes) is 1. The number of rotatable bonds is 15. The summed E-state index contributed by atoms with van der Waals surface area (Å²) in [5, 5.41) is 34.1. The smallest absolute Gasteiger partial charge is 0.259 e. The van der Waals surface area contributed by atoms with E-state index in [2.05, 4.69) is 33.8 Å². The third-order valence-corrected chi connectivity index (χ3v) is 5.78. The number of benzene rings is 1. The first-order valence-electron chi connectivity index (χ1n) is 11.0. The molecule has 11 heteroatoms. The Morgan fingerprint density at radius 1 is 1.33 bits per heavy atom. The van der Waals surface area contributed by atoms with Crippen molar-refractivity contribution in [1.29, 1.82) is 5.41 Å². The van der Waals surface area contributed by atoms with E-state index in [1.54, 1.807) is 42.5 Å². The Balaban J connectivity index is 1.70. The van der Waals surface area contributed by atoms with E-state index in [0.29, 0.717) is 34.3 Å². The maximum Gasteiger partial charge on any atom is 0.259 e. The number of aliphatic hydroxyl groups excluding tert-OH is 1. The second kappa shape index (κ2) is 15.4. The van der Waals surface area contributed by atoms with Crippen molar-refractivity contribution in [3.8, 4) is 0 Å². The van der Waals surface area contributed by atoms with Gasteiger partial charge in [0.1, 0.15) is 11.6 Å². The summed E-state index contributed by atoms with van der Waals surface area (Å²) in [6, 6.07) is 6.47. The molecule has 0 spiro atoms. The van der Waals surface area contributed by atoms with Crippen LogP contribution in [0.25, 0.3) is 0 Å². The molecule has 0 saturated carbocycles. The van der Waals surface area contributed by atoms with E-state index >= 15 is 0 Å². The van der Waals surface area contributed by atoms with Gasteiger partial charge in [-0.3, -0.25) is 10.1 Å². The third kappa shape index (κ3) is 10.3. The number of nitrogens with zero attached hydrogens (tertiary/aromatic N) is 3. The molecule has 190 valence electrons. The Morgan fingerprint density at radius 2 is 2.14 bits per heavy atom. The van der Waals surface area contributed by atoms with Crippen LogP contribution in [0.3, 0.4) is 0 Å². The van der Waals surface area contributed by atoms with Gasteiger partial charge in [0, 0.05) is 17.2 Å². The van der Waals surface area contributed by atoms with Crippen LogP contribution >= 0.6 is 22.9 Å². The van der Waals surface area contributed by atoms with Gasteiger partial charge in [0.2, 0.25) is 5.13 Å². The molecule has 1 heterocycles. The molecule has 36 heavy (non-hydrogen) atoms. The van der Waals surface area contributed by atoms with Crippen LogP contribution in [-0.2, 0) is 16.1 Å². The zero-order valence-corrected chi connectivity index (χ0v) is 21.3. The maximum absolute atomic E-state index is 12.3. The van der Waals surface area contributed by atoms with Gasteiger partial charge in [-0.15, -0.1) is 10.2 Å². The number of carbonyl (C=O) groups is 1. The molecule has 1 unspecified atom stereocenters. The average molecular weight is 529 g/mol. The van der Waals surface area contributed by atoms with Gasteiger partial charge in [-0.2, -0.15) is 0 Å². The first-order valence-corrected chi connectivity index (χ1v) is 12.2. The van der Waals surface area contributed by atoms with E-state index in [0.717, 1.165) is 23.4 Å². The minimum absolute atomic E-state index is 0.158. The summed E-state index contributed by atoms with van der Waals surface area (Å²) in [5.41, 5.74) is 7.38. The number of aliphatic hydroxyl groups is 1. The zero-order chi connectivity index (χ0) is 26.3. The Morgan fingerprint density at radius 3 is 2.86 bits per heavy atom. The van der Waals surface area contributed by atoms with Crippen LogP contribution in [0.4, 0.5) is 5.13 Å². The van der Waals surface area contributed by atoms with E-state index in [1.165, 1.54) is 23.5 Å². The quantitative estimate of drug-likeness (QED) is 0.0863. The Labute approximate surface area is 219 Å². The van der Waals surface area contributed by atoms with Gasteiger partial charge in [-0.25, -0.2) is 0 Å². The number of anilines is 1. The Bertz CT molecular complexity index is 1160. The van der Waals surface area contributed by atoms with Crippen LogP contribution in [-0.4, -0.2) is 39.4 Å². The maximum atomic E-state index is 12.3. The van der Waals surface area contributed by atoms with Crippen LogP contribution in [0.1, 0.15) is 35.9 Å². The summed E-state index contributed by atoms with van der Waals surface area (Å²) in [6.45, 7) is 7.50. The highest BCUT2D eigenvalue weighted by atomic mass is 35.5. The molecule has 2 rings (SSSR count). The minimum Gasteiger partial charge on any atom is -0.389 e. The highest BCUT2D eigenvalue weighted by molar-refractivity contribution is 7.15. The van der Waals surface area contributed by atoms with Gasteiger partial charge in [0.25, 0.3) is 5.91 Å². The van der Waals surface area contributed by atoms with Crippen LogP contribution in [0.2, 0.25) is 5.02 Å². The van der Waals surface area contributed by atoms with Crippen molar-refractivity contribution in [1.82, 2.24) is 10.2 Å². The summed E-state index contributed by atoms with van der Waals surface area (Å²) in [4.78, 5) is 17.4. The van der Waals surface area contributed by atoms with Gasteiger partial charge in [-0.05, 0) is 54.7 Å². The number of hydrogen-bond donors (Lipinski definition) is 4. The lowest BCUT2D eigenvalue weighted by molar-refractivity contribution is -0.124. The summed E-state index contributed by atoms with van der Waals surface area (Å²) < 4.78 is 0. The molecule has 0 aliphatic heterocycles. The fourth-order valence-corrected chi connectivity index (χ4v) is 3.79. The molecule has 0 aliphatic carbocycles. The molecular formula is C25H29ClN6O3S. The summed E-state index contributed by atoms with van der Waals surface area (Å²) in [7, 11) is 0. The molecule has 0 radical (unpaired) electrons. The van der Waals surface area contributed by atoms with Crippen molar-refractivity contribution < 1.29 is 14.7 Å². The number of nitrogens with one attached hydrogen (secondary N) is 2. The molecule has 0 fully saturated rings. The lowest BCUT2D eigenvalue weighted by Gasteiger charge is -2.09. The fraction of sp³-hybridized carbons (Fsp3) is 0.240. The zero-order valence-electron chi connectivity index (χ0n) is 19.7. The topological polar surface area (TPSA) is 147 Å². The van der Waals surface area contributed by atoms with E-state index in [9.17, 15) is 9.90 Å². The van der Waals surface area contributed by atoms with Crippen LogP contribution in [0.5, 0.6) is 0 Å². The molecule has 1 atom stereocenters. The van der Waals surface area contributed by atoms with E-state index in [-0.39, 0.29) is 12.4 Å². The molecule has 1 aromatic heterocycles. The molecule has 0 saturated heterocycles. The number of aryl methyl sites for hydroxylation is 1. The highest BCUT2D eigenvalue weighted by Gasteiger charge is 2.19. The van der Waals surface area contributed by atoms with E-state index in [4.69, 9.17) is 27.6 Å². The number of nitrogens with two attached hydrogens (primary N) is 1. The number of allylic oxidation sites excluding steroid dienone is 3. The minimum atomic E-state index is -1.36. The molecule has 9 nitrogen and oxygen atoms in total. The van der Waals surface area contributed by atoms with Crippen molar-refractivity contribution in [2.45, 2.75) is 31.8 Å². The first-order chi connectivity index (χ1) is 17.3. The molecular weight excluding hydrogens is 500 g/mol. The van der Waals surface area contributed by atoms with Crippen molar-refractivity contribution in [3.63, 3.8) is 0 Å². The van der Waals surface area contributed by atoms with E-state index in [1.807, 2.05) is 0 Å². The molecule has 2 aromatic rings. The third-order valence-electron chi connectivity index (χ3n) is 4.65. The highest BCUT2D eigenvalue weighted by Crippen LogP contribution is 2.22. The van der Waals surface area contributed by atoms with Crippen molar-refractivity contribution in [2.24, 2.45) is 10.9 Å². The molecule has 1 aromatic carbocycles. The first kappa shape index (κ1) is 28.6. The monoisotopic (exact) mass is 528 g/mol. The van der Waals surface area contributed by atoms with Crippen molar-refractivity contribution in [3.05, 3.63) is 89.0 Å². The lowest BCUT2D eigenvalue weighted by Crippen LogP contribution is -2.20. The molecule has 0 bridgehead atoms. The number of aromatic nitrogens is 2. The van der Waals surface area contributed by atoms with E-state index < -0.39 is 12.0 Å². The molecule has 5 N–H and O–H groups in total. The van der Waals surface area contributed by atoms with Crippen molar-refractivity contribution in [2.75, 3.05) is 11.9 Å². The standard InChI is InChI=1S/C25H29ClN6O3S/c1-3-8-17(4-2)16-35-32-21(28)14-13-20(27)11-5-6-12-22-30-31-25(36-22)29-24(34)23(33)18-9-7-10-19(26)15-18/h3-4,7-10,13-15,23,27,33H,1-2,5-6,11-12,16H2,(H2,28,32)(H,29,31,34)/b14-13-,17-8+,27-20?. The second-order valence-corrected chi connectivity index (χ2v) is 8.98. The van der Waals surface area contributed by atoms with Gasteiger partial charge in [-0.1, -0.05) is 71.6 Å². The average Bonchev–Trinajstić information content (AvgIpc) is 3.31. The van der Waals surface area contributed by atoms with Gasteiger partial charge in [0.05, 0.1) is 0 Å². The van der Waals surface area contributed by atoms with Gasteiger partial charge in [0.15, 0.2) is 11.9 Å². The number of amides is 1. The van der Waals surface area contributed by atoms with Gasteiger partial charge < -0.3 is 21.1 Å². The number of carbonyl (C=O) groups excluding carboxylic acids is 1. The number of oxime groups is 1. The predicted molar refractivity (Wildman–Crippen MR) is 145 cm³/mol. The normalized spacial score (nSPS) is 12.8. The van der Waals surface area contributed by atoms with Crippen molar-refractivity contribution >= 4 is 45.5 Å². The summed E-state index contributed by atoms with van der Waals surface area (Å²) >= 11 is 7.15. The predicted octanol–water partition coefficient (Wildman–Crippen LogP) is 4.74. The second-order valence-electron chi connectivity index (χ2n) is 7.48. The van der Waals surface area contributed by atoms with Crippen LogP contribution < -0.4 is 11.1 Å². The van der Waals surface area contributed by atoms with Crippen LogP contribution in [0.15, 0.2) is 78.5 Å². The number of hydrogen-bond acceptors (Lipinski definition) is 8. The summed E-state index contributed by atoms with van der Waals surface area (Å²) in [5.74, 6) is -0.450. The van der Waals surface area contributed by atoms with Gasteiger partial charge >= 0.3 is 0 Å². The SMILES string of the molecule is C=C/C=C(\C=C)CON=C(N)/C=C\C(=N)CCCCc1nnc(NC(=O)C(O)c2cccc(Cl)c2)s1. The van der Waals surface area contributed by atoms with Crippen LogP contribution in [0, 0.1) is 5.41 Å². The number of halogens is 1. The fourth-order valence-electron chi connectivity index (χ4n) is 2.81.